The molecule has 1 spiro atoms. The third-order valence-corrected chi connectivity index (χ3v) is 10.7. The molecule has 9 heteroatoms. The first-order valence-electron chi connectivity index (χ1n) is 13.9. The van der Waals surface area contributed by atoms with E-state index in [1.807, 2.05) is 54.6 Å². The fraction of sp³-hybridized carbons (Fsp3) is 0.500. The molecular weight excluding hydrogens is 512 g/mol. The first kappa shape index (κ1) is 27.5. The Bertz CT molecular complexity index is 1220. The molecule has 3 amide bonds. The van der Waals surface area contributed by atoms with Crippen LogP contribution in [0.2, 0.25) is 0 Å². The zero-order valence-electron chi connectivity index (χ0n) is 22.9. The number of β-amino-alcohol motifs (C(OH)–C–C–N with tert-alkyl or cyclic N) is 1. The van der Waals surface area contributed by atoms with E-state index in [0.29, 0.717) is 18.7 Å². The maximum Gasteiger partial charge on any atom is 0.248 e. The zero-order valence-corrected chi connectivity index (χ0v) is 23.7. The van der Waals surface area contributed by atoms with Crippen molar-refractivity contribution in [2.45, 2.75) is 55.7 Å². The Morgan fingerprint density at radius 1 is 1.05 bits per heavy atom. The Morgan fingerprint density at radius 2 is 1.74 bits per heavy atom. The number of thioether (sulfide) groups is 1. The predicted octanol–water partition coefficient (Wildman–Crippen LogP) is 3.26. The predicted molar refractivity (Wildman–Crippen MR) is 154 cm³/mol. The van der Waals surface area contributed by atoms with Crippen molar-refractivity contribution in [1.29, 1.82) is 0 Å². The number of rotatable bonds is 10. The number of carbonyl (C=O) groups excluding carboxylic acids is 3. The normalized spacial score (nSPS) is 28.9. The van der Waals surface area contributed by atoms with Gasteiger partial charge in [0.05, 0.1) is 23.2 Å². The van der Waals surface area contributed by atoms with Crippen molar-refractivity contribution in [3.8, 4) is 0 Å². The summed E-state index contributed by atoms with van der Waals surface area (Å²) in [6.45, 7) is 8.25. The number of nitrogens with one attached hydrogen (secondary N) is 2. The minimum Gasteiger partial charge on any atom is -0.395 e. The van der Waals surface area contributed by atoms with Crippen LogP contribution in [0.3, 0.4) is 0 Å². The molecule has 2 unspecified atom stereocenters. The highest BCUT2D eigenvalue weighted by Gasteiger charge is 2.77. The fourth-order valence-corrected chi connectivity index (χ4v) is 9.28. The second kappa shape index (κ2) is 10.8. The summed E-state index contributed by atoms with van der Waals surface area (Å²) in [5.74, 6) is -1.77. The molecule has 2 aromatic rings. The Hall–Kier alpha value is -3.04. The van der Waals surface area contributed by atoms with Crippen LogP contribution >= 0.6 is 11.8 Å². The van der Waals surface area contributed by atoms with E-state index >= 15 is 0 Å². The van der Waals surface area contributed by atoms with Gasteiger partial charge >= 0.3 is 0 Å². The first-order chi connectivity index (χ1) is 18.8. The second-order valence-electron chi connectivity index (χ2n) is 10.9. The average molecular weight is 551 g/mol. The zero-order chi connectivity index (χ0) is 27.8. The molecule has 3 saturated heterocycles. The molecule has 3 heterocycles. The van der Waals surface area contributed by atoms with Crippen LogP contribution in [-0.2, 0) is 20.9 Å². The van der Waals surface area contributed by atoms with E-state index in [0.717, 1.165) is 30.8 Å². The van der Waals surface area contributed by atoms with Gasteiger partial charge in [-0.05, 0) is 63.4 Å². The topological polar surface area (TPSA) is 102 Å². The summed E-state index contributed by atoms with van der Waals surface area (Å²) in [6, 6.07) is 16.7. The van der Waals surface area contributed by atoms with Gasteiger partial charge in [0.2, 0.25) is 17.7 Å². The molecule has 39 heavy (non-hydrogen) atoms. The molecule has 0 radical (unpaired) electrons. The lowest BCUT2D eigenvalue weighted by Gasteiger charge is -2.34. The molecule has 208 valence electrons. The largest absolute Gasteiger partial charge is 0.395 e. The maximum atomic E-state index is 13.9. The lowest BCUT2D eigenvalue weighted by Crippen LogP contribution is -2.52. The minimum absolute atomic E-state index is 0.0612. The number of nitrogens with zero attached hydrogens (tertiary/aromatic N) is 2. The maximum absolute atomic E-state index is 13.9. The Balaban J connectivity index is 1.39. The number of aliphatic hydroxyl groups excluding tert-OH is 1. The number of carbonyl (C=O) groups is 3. The first-order valence-corrected chi connectivity index (χ1v) is 14.7. The Labute approximate surface area is 234 Å². The smallest absolute Gasteiger partial charge is 0.248 e. The summed E-state index contributed by atoms with van der Waals surface area (Å²) >= 11 is 1.63. The molecule has 2 aromatic carbocycles. The van der Waals surface area contributed by atoms with E-state index in [1.54, 1.807) is 11.8 Å². The molecule has 0 saturated carbocycles. The van der Waals surface area contributed by atoms with Crippen molar-refractivity contribution in [3.63, 3.8) is 0 Å². The van der Waals surface area contributed by atoms with E-state index < -0.39 is 27.4 Å². The van der Waals surface area contributed by atoms with Crippen LogP contribution in [0, 0.1) is 11.8 Å². The van der Waals surface area contributed by atoms with E-state index in [4.69, 9.17) is 0 Å². The number of amides is 3. The van der Waals surface area contributed by atoms with Gasteiger partial charge in [0.1, 0.15) is 6.04 Å². The Kier molecular flexibility index (Phi) is 7.66. The van der Waals surface area contributed by atoms with E-state index in [1.165, 1.54) is 4.90 Å². The molecule has 5 rings (SSSR count). The highest BCUT2D eigenvalue weighted by Crippen LogP contribution is 2.71. The molecule has 8 nitrogen and oxygen atoms in total. The number of benzene rings is 2. The van der Waals surface area contributed by atoms with Gasteiger partial charge < -0.3 is 25.5 Å². The summed E-state index contributed by atoms with van der Waals surface area (Å²) < 4.78 is -1.14. The third kappa shape index (κ3) is 4.69. The van der Waals surface area contributed by atoms with Crippen molar-refractivity contribution < 1.29 is 19.5 Å². The summed E-state index contributed by atoms with van der Waals surface area (Å²) in [5, 5.41) is 15.9. The van der Waals surface area contributed by atoms with Crippen molar-refractivity contribution in [1.82, 2.24) is 10.2 Å². The van der Waals surface area contributed by atoms with E-state index in [-0.39, 0.29) is 30.9 Å². The lowest BCUT2D eigenvalue weighted by atomic mass is 9.66. The molecule has 0 aliphatic carbocycles. The second-order valence-corrected chi connectivity index (χ2v) is 12.8. The molecule has 3 aliphatic rings. The monoisotopic (exact) mass is 550 g/mol. The summed E-state index contributed by atoms with van der Waals surface area (Å²) in [4.78, 5) is 45.1. The van der Waals surface area contributed by atoms with Gasteiger partial charge in [-0.3, -0.25) is 14.4 Å². The van der Waals surface area contributed by atoms with Crippen molar-refractivity contribution >= 4 is 40.9 Å². The van der Waals surface area contributed by atoms with Crippen molar-refractivity contribution in [3.05, 3.63) is 60.2 Å². The summed E-state index contributed by atoms with van der Waals surface area (Å²) in [7, 11) is 0. The number of anilines is 2. The van der Waals surface area contributed by atoms with Gasteiger partial charge in [-0.15, -0.1) is 11.8 Å². The molecule has 3 fully saturated rings. The van der Waals surface area contributed by atoms with Crippen LogP contribution in [0.4, 0.5) is 11.4 Å². The minimum atomic E-state index is -0.761. The third-order valence-electron chi connectivity index (χ3n) is 8.72. The number of fused-ring (bicyclic) bond motifs is 1. The summed E-state index contributed by atoms with van der Waals surface area (Å²) in [6.07, 6.45) is 1.42. The molecule has 3 N–H and O–H groups in total. The van der Waals surface area contributed by atoms with Gasteiger partial charge in [-0.25, -0.2) is 0 Å². The van der Waals surface area contributed by atoms with Crippen LogP contribution < -0.4 is 15.5 Å². The van der Waals surface area contributed by atoms with Gasteiger partial charge in [-0.2, -0.15) is 0 Å². The van der Waals surface area contributed by atoms with Crippen LogP contribution in [0.5, 0.6) is 0 Å². The van der Waals surface area contributed by atoms with Gasteiger partial charge in [0, 0.05) is 42.3 Å². The van der Waals surface area contributed by atoms with Crippen LogP contribution in [-0.4, -0.2) is 69.5 Å². The summed E-state index contributed by atoms with van der Waals surface area (Å²) in [5.41, 5.74) is 2.73. The fourth-order valence-electron chi connectivity index (χ4n) is 6.93. The molecule has 3 aliphatic heterocycles. The Morgan fingerprint density at radius 3 is 2.38 bits per heavy atom. The van der Waals surface area contributed by atoms with E-state index in [9.17, 15) is 19.5 Å². The highest BCUT2D eigenvalue weighted by molar-refractivity contribution is 8.02. The highest BCUT2D eigenvalue weighted by atomic mass is 32.2. The van der Waals surface area contributed by atoms with Crippen LogP contribution in [0.25, 0.3) is 0 Å². The SMILES string of the molecule is CCN(CC)c1ccc(NC(=O)C2N(CCO)C(=O)[C@@H]3[C@@H](C(=O)NCc4ccccc4)[C@@]4(C)CCC23S4)cc1. The van der Waals surface area contributed by atoms with E-state index in [2.05, 4.69) is 36.3 Å². The molecule has 0 aromatic heterocycles. The standard InChI is InChI=1S/C30H38N4O4S/c1-4-33(5-2)22-13-11-21(12-14-22)32-27(37)25-30-16-15-29(3,39-30)23(24(30)28(38)34(25)17-18-35)26(36)31-19-20-9-7-6-8-10-20/h6-14,23-25,35H,4-5,15-19H2,1-3H3,(H,31,36)(H,32,37)/t23-,24-,25?,29+,30?/m0/s1. The van der Waals surface area contributed by atoms with Gasteiger partial charge in [0.15, 0.2) is 0 Å². The molecular formula is C30H38N4O4S. The number of hydrogen-bond donors (Lipinski definition) is 3. The van der Waals surface area contributed by atoms with Gasteiger partial charge in [-0.1, -0.05) is 30.3 Å². The number of likely N-dealkylation sites (tertiary alicyclic amines) is 1. The average Bonchev–Trinajstić information content (AvgIpc) is 3.50. The lowest BCUT2D eigenvalue weighted by molar-refractivity contribution is -0.140. The number of aliphatic hydroxyl groups is 1. The van der Waals surface area contributed by atoms with Gasteiger partial charge in [0.25, 0.3) is 0 Å². The van der Waals surface area contributed by atoms with Crippen molar-refractivity contribution in [2.24, 2.45) is 11.8 Å². The quantitative estimate of drug-likeness (QED) is 0.420. The van der Waals surface area contributed by atoms with Crippen LogP contribution in [0.15, 0.2) is 54.6 Å². The molecule has 2 bridgehead atoms. The van der Waals surface area contributed by atoms with Crippen LogP contribution in [0.1, 0.15) is 39.2 Å². The van der Waals surface area contributed by atoms with Crippen molar-refractivity contribution in [2.75, 3.05) is 36.5 Å². The molecule has 5 atom stereocenters. The number of hydrogen-bond acceptors (Lipinski definition) is 6.